The Hall–Kier alpha value is -0.320. The van der Waals surface area contributed by atoms with Crippen LogP contribution in [0.1, 0.15) is 18.4 Å². The van der Waals surface area contributed by atoms with Crippen LogP contribution in [0, 0.1) is 0 Å². The van der Waals surface area contributed by atoms with Crippen molar-refractivity contribution in [3.05, 3.63) is 22.3 Å². The number of hydrogen-bond acceptors (Lipinski definition) is 3. The second-order valence-corrected chi connectivity index (χ2v) is 6.10. The van der Waals surface area contributed by atoms with Crippen LogP contribution in [0.2, 0.25) is 0 Å². The summed E-state index contributed by atoms with van der Waals surface area (Å²) in [6.07, 6.45) is 4.22. The molecule has 5 heteroatoms. The quantitative estimate of drug-likeness (QED) is 0.793. The number of aromatic nitrogens is 1. The summed E-state index contributed by atoms with van der Waals surface area (Å²) in [6, 6.07) is 2.62. The van der Waals surface area contributed by atoms with Crippen LogP contribution in [0.5, 0.6) is 0 Å². The zero-order valence-electron chi connectivity index (χ0n) is 10.9. The number of likely N-dealkylation sites (tertiary alicyclic amines) is 1. The molecule has 0 spiro atoms. The normalized spacial score (nSPS) is 18.0. The van der Waals surface area contributed by atoms with Crippen LogP contribution in [0.4, 0.5) is 5.82 Å². The Morgan fingerprint density at radius 2 is 2.17 bits per heavy atom. The molecule has 1 aromatic heterocycles. The van der Waals surface area contributed by atoms with Gasteiger partial charge in [-0.1, -0.05) is 0 Å². The molecule has 1 saturated heterocycles. The van der Waals surface area contributed by atoms with Crippen molar-refractivity contribution in [3.63, 3.8) is 0 Å². The Morgan fingerprint density at radius 1 is 1.50 bits per heavy atom. The van der Waals surface area contributed by atoms with Crippen molar-refractivity contribution in [1.29, 1.82) is 0 Å². The van der Waals surface area contributed by atoms with Crippen molar-refractivity contribution in [2.24, 2.45) is 0 Å². The van der Waals surface area contributed by atoms with Crippen molar-refractivity contribution in [2.75, 3.05) is 32.1 Å². The second-order valence-electron chi connectivity index (χ2n) is 4.92. The molecule has 1 aliphatic heterocycles. The standard InChI is InChI=1S/C13H19BrClN3/c1-17-5-3-12(4-6-17)18(2)13-10(8-15)7-11(14)9-16-13/h7,9,12H,3-6,8H2,1-2H3. The predicted octanol–water partition coefficient (Wildman–Crippen LogP) is 3.11. The average Bonchev–Trinajstić information content (AvgIpc) is 2.38. The molecule has 18 heavy (non-hydrogen) atoms. The fourth-order valence-electron chi connectivity index (χ4n) is 2.45. The van der Waals surface area contributed by atoms with Gasteiger partial charge in [0, 0.05) is 29.3 Å². The molecule has 3 nitrogen and oxygen atoms in total. The number of alkyl halides is 1. The fourth-order valence-corrected chi connectivity index (χ4v) is 3.02. The van der Waals surface area contributed by atoms with E-state index in [4.69, 9.17) is 11.6 Å². The Bertz CT molecular complexity index is 405. The van der Waals surface area contributed by atoms with Crippen molar-refractivity contribution in [3.8, 4) is 0 Å². The minimum Gasteiger partial charge on any atom is -0.356 e. The summed E-state index contributed by atoms with van der Waals surface area (Å²) in [5, 5.41) is 0. The molecule has 0 aliphatic carbocycles. The highest BCUT2D eigenvalue weighted by Crippen LogP contribution is 2.26. The van der Waals surface area contributed by atoms with Crippen LogP contribution in [-0.2, 0) is 5.88 Å². The Balaban J connectivity index is 2.15. The largest absolute Gasteiger partial charge is 0.356 e. The predicted molar refractivity (Wildman–Crippen MR) is 80.4 cm³/mol. The molecular formula is C13H19BrClN3. The van der Waals surface area contributed by atoms with E-state index in [1.54, 1.807) is 0 Å². The second kappa shape index (κ2) is 6.22. The zero-order valence-corrected chi connectivity index (χ0v) is 13.2. The van der Waals surface area contributed by atoms with Crippen LogP contribution >= 0.6 is 27.5 Å². The van der Waals surface area contributed by atoms with E-state index in [0.29, 0.717) is 11.9 Å². The molecule has 100 valence electrons. The molecule has 0 saturated carbocycles. The van der Waals surface area contributed by atoms with E-state index in [2.05, 4.69) is 50.9 Å². The zero-order chi connectivity index (χ0) is 13.1. The molecular weight excluding hydrogens is 314 g/mol. The molecule has 1 aliphatic rings. The number of nitrogens with zero attached hydrogens (tertiary/aromatic N) is 3. The molecule has 2 heterocycles. The monoisotopic (exact) mass is 331 g/mol. The van der Waals surface area contributed by atoms with Crippen molar-refractivity contribution >= 4 is 33.3 Å². The summed E-state index contributed by atoms with van der Waals surface area (Å²) >= 11 is 9.46. The third kappa shape index (κ3) is 3.16. The first-order valence-electron chi connectivity index (χ1n) is 6.23. The van der Waals surface area contributed by atoms with Crippen LogP contribution in [0.25, 0.3) is 0 Å². The van der Waals surface area contributed by atoms with Crippen LogP contribution in [-0.4, -0.2) is 43.1 Å². The maximum Gasteiger partial charge on any atom is 0.133 e. The number of piperidine rings is 1. The minimum atomic E-state index is 0.499. The molecule has 0 bridgehead atoms. The highest BCUT2D eigenvalue weighted by atomic mass is 79.9. The SMILES string of the molecule is CN1CCC(N(C)c2ncc(Br)cc2CCl)CC1. The number of halogens is 2. The first kappa shape index (κ1) is 14.1. The van der Waals surface area contributed by atoms with E-state index in [9.17, 15) is 0 Å². The first-order valence-corrected chi connectivity index (χ1v) is 7.56. The summed E-state index contributed by atoms with van der Waals surface area (Å²) in [4.78, 5) is 9.19. The van der Waals surface area contributed by atoms with E-state index in [0.717, 1.165) is 28.9 Å². The highest BCUT2D eigenvalue weighted by Gasteiger charge is 2.22. The minimum absolute atomic E-state index is 0.499. The van der Waals surface area contributed by atoms with Gasteiger partial charge in [-0.05, 0) is 55.0 Å². The van der Waals surface area contributed by atoms with Crippen molar-refractivity contribution in [1.82, 2.24) is 9.88 Å². The third-order valence-corrected chi connectivity index (χ3v) is 4.34. The topological polar surface area (TPSA) is 19.4 Å². The number of anilines is 1. The molecule has 0 unspecified atom stereocenters. The average molecular weight is 333 g/mol. The molecule has 0 radical (unpaired) electrons. The van der Waals surface area contributed by atoms with Gasteiger partial charge in [-0.15, -0.1) is 11.6 Å². The number of hydrogen-bond donors (Lipinski definition) is 0. The summed E-state index contributed by atoms with van der Waals surface area (Å²) in [5.41, 5.74) is 1.09. The van der Waals surface area contributed by atoms with E-state index in [-0.39, 0.29) is 0 Å². The van der Waals surface area contributed by atoms with E-state index in [1.165, 1.54) is 12.8 Å². The molecule has 0 atom stereocenters. The maximum atomic E-state index is 6.01. The van der Waals surface area contributed by atoms with Crippen LogP contribution < -0.4 is 4.90 Å². The van der Waals surface area contributed by atoms with E-state index < -0.39 is 0 Å². The van der Waals surface area contributed by atoms with Gasteiger partial charge >= 0.3 is 0 Å². The fraction of sp³-hybridized carbons (Fsp3) is 0.615. The highest BCUT2D eigenvalue weighted by molar-refractivity contribution is 9.10. The molecule has 0 aromatic carbocycles. The molecule has 0 amide bonds. The molecule has 0 N–H and O–H groups in total. The lowest BCUT2D eigenvalue weighted by Gasteiger charge is -2.36. The van der Waals surface area contributed by atoms with E-state index in [1.807, 2.05) is 6.20 Å². The van der Waals surface area contributed by atoms with Gasteiger partial charge in [-0.25, -0.2) is 4.98 Å². The van der Waals surface area contributed by atoms with Crippen LogP contribution in [0.3, 0.4) is 0 Å². The molecule has 1 fully saturated rings. The number of pyridine rings is 1. The van der Waals surface area contributed by atoms with Gasteiger partial charge in [-0.2, -0.15) is 0 Å². The Labute approximate surface area is 122 Å². The number of rotatable bonds is 3. The van der Waals surface area contributed by atoms with Gasteiger partial charge in [0.05, 0.1) is 5.88 Å². The third-order valence-electron chi connectivity index (χ3n) is 3.62. The maximum absolute atomic E-state index is 6.01. The van der Waals surface area contributed by atoms with Crippen molar-refractivity contribution in [2.45, 2.75) is 24.8 Å². The molecule has 2 rings (SSSR count). The van der Waals surface area contributed by atoms with Gasteiger partial charge in [0.1, 0.15) is 5.82 Å². The summed E-state index contributed by atoms with van der Waals surface area (Å²) in [5.74, 6) is 1.52. The van der Waals surface area contributed by atoms with Gasteiger partial charge < -0.3 is 9.80 Å². The lowest BCUT2D eigenvalue weighted by Crippen LogP contribution is -2.42. The lowest BCUT2D eigenvalue weighted by molar-refractivity contribution is 0.252. The lowest BCUT2D eigenvalue weighted by atomic mass is 10.0. The van der Waals surface area contributed by atoms with Gasteiger partial charge in [0.2, 0.25) is 0 Å². The van der Waals surface area contributed by atoms with Gasteiger partial charge in [0.15, 0.2) is 0 Å². The first-order chi connectivity index (χ1) is 8.61. The summed E-state index contributed by atoms with van der Waals surface area (Å²) in [7, 11) is 4.31. The summed E-state index contributed by atoms with van der Waals surface area (Å²) in [6.45, 7) is 2.31. The summed E-state index contributed by atoms with van der Waals surface area (Å²) < 4.78 is 0.985. The van der Waals surface area contributed by atoms with Crippen LogP contribution in [0.15, 0.2) is 16.7 Å². The Kier molecular flexibility index (Phi) is 4.87. The molecule has 1 aromatic rings. The Morgan fingerprint density at radius 3 is 2.78 bits per heavy atom. The van der Waals surface area contributed by atoms with Gasteiger partial charge in [-0.3, -0.25) is 0 Å². The smallest absolute Gasteiger partial charge is 0.133 e. The van der Waals surface area contributed by atoms with Gasteiger partial charge in [0.25, 0.3) is 0 Å². The van der Waals surface area contributed by atoms with Crippen molar-refractivity contribution < 1.29 is 0 Å². The van der Waals surface area contributed by atoms with E-state index >= 15 is 0 Å².